The summed E-state index contributed by atoms with van der Waals surface area (Å²) in [5.41, 5.74) is -0.315. The smallest absolute Gasteiger partial charge is 0.106 e. The van der Waals surface area contributed by atoms with Crippen molar-refractivity contribution in [3.63, 3.8) is 0 Å². The highest BCUT2D eigenvalue weighted by Crippen LogP contribution is 2.18. The van der Waals surface area contributed by atoms with E-state index < -0.39 is 0 Å². The Morgan fingerprint density at radius 1 is 1.21 bits per heavy atom. The molecule has 0 aromatic heterocycles. The molecule has 0 heterocycles. The molecule has 0 spiro atoms. The van der Waals surface area contributed by atoms with E-state index >= 15 is 0 Å². The van der Waals surface area contributed by atoms with Crippen LogP contribution >= 0.6 is 0 Å². The van der Waals surface area contributed by atoms with Crippen molar-refractivity contribution in [2.75, 3.05) is 20.1 Å². The van der Waals surface area contributed by atoms with E-state index in [1.165, 1.54) is 12.8 Å². The van der Waals surface area contributed by atoms with Crippen LogP contribution in [0.25, 0.3) is 0 Å². The van der Waals surface area contributed by atoms with Gasteiger partial charge >= 0.3 is 0 Å². The molecule has 0 saturated heterocycles. The van der Waals surface area contributed by atoms with E-state index in [2.05, 4.69) is 51.0 Å². The minimum absolute atomic E-state index is 0.315. The lowest BCUT2D eigenvalue weighted by atomic mass is 9.91. The Kier molecular flexibility index (Phi) is 9.91. The average Bonchev–Trinajstić information content (AvgIpc) is 2.44. The van der Waals surface area contributed by atoms with Gasteiger partial charge in [0.1, 0.15) is 5.54 Å². The normalized spacial score (nSPS) is 14.6. The summed E-state index contributed by atoms with van der Waals surface area (Å²) >= 11 is 0. The van der Waals surface area contributed by atoms with Crippen molar-refractivity contribution in [2.24, 2.45) is 0 Å². The summed E-state index contributed by atoms with van der Waals surface area (Å²) in [6, 6.07) is 3.18. The predicted octanol–water partition coefficient (Wildman–Crippen LogP) is 3.56. The topological polar surface area (TPSA) is 39.1 Å². The molecular formula is C16H33N3. The molecule has 0 amide bonds. The van der Waals surface area contributed by atoms with Gasteiger partial charge in [0.05, 0.1) is 6.07 Å². The third-order valence-corrected chi connectivity index (χ3v) is 4.21. The molecule has 0 aliphatic heterocycles. The fourth-order valence-electron chi connectivity index (χ4n) is 2.65. The van der Waals surface area contributed by atoms with Crippen LogP contribution in [0, 0.1) is 11.3 Å². The molecule has 112 valence electrons. The van der Waals surface area contributed by atoms with Crippen molar-refractivity contribution in [1.29, 1.82) is 5.26 Å². The average molecular weight is 267 g/mol. The van der Waals surface area contributed by atoms with Gasteiger partial charge in [-0.05, 0) is 58.7 Å². The lowest BCUT2D eigenvalue weighted by molar-refractivity contribution is 0.216. The van der Waals surface area contributed by atoms with Gasteiger partial charge in [0, 0.05) is 6.04 Å². The summed E-state index contributed by atoms with van der Waals surface area (Å²) in [6.45, 7) is 10.8. The molecule has 1 atom stereocenters. The Morgan fingerprint density at radius 2 is 1.84 bits per heavy atom. The summed E-state index contributed by atoms with van der Waals surface area (Å²) in [5, 5.41) is 12.9. The van der Waals surface area contributed by atoms with E-state index in [0.29, 0.717) is 6.04 Å². The molecule has 0 saturated carbocycles. The van der Waals surface area contributed by atoms with Crippen LogP contribution in [-0.4, -0.2) is 36.6 Å². The lowest BCUT2D eigenvalue weighted by Gasteiger charge is -2.30. The van der Waals surface area contributed by atoms with Crippen LogP contribution < -0.4 is 5.32 Å². The molecule has 19 heavy (non-hydrogen) atoms. The van der Waals surface area contributed by atoms with Crippen molar-refractivity contribution >= 4 is 0 Å². The van der Waals surface area contributed by atoms with E-state index in [9.17, 15) is 5.26 Å². The molecule has 0 aliphatic rings. The molecule has 3 heteroatoms. The summed E-state index contributed by atoms with van der Waals surface area (Å²) < 4.78 is 0. The first kappa shape index (κ1) is 18.4. The molecule has 0 fully saturated rings. The zero-order valence-electron chi connectivity index (χ0n) is 13.6. The van der Waals surface area contributed by atoms with Gasteiger partial charge in [-0.1, -0.05) is 27.7 Å². The SMILES string of the molecule is CCCNC(C#N)(CC)CCCN(C)C(CC)CC. The Balaban J connectivity index is 4.23. The van der Waals surface area contributed by atoms with E-state index in [-0.39, 0.29) is 5.54 Å². The van der Waals surface area contributed by atoms with Crippen molar-refractivity contribution in [3.8, 4) is 6.07 Å². The molecule has 1 N–H and O–H groups in total. The van der Waals surface area contributed by atoms with Gasteiger partial charge in [0.15, 0.2) is 0 Å². The maximum Gasteiger partial charge on any atom is 0.106 e. The van der Waals surface area contributed by atoms with Gasteiger partial charge in [-0.3, -0.25) is 5.32 Å². The van der Waals surface area contributed by atoms with Gasteiger partial charge in [-0.25, -0.2) is 0 Å². The van der Waals surface area contributed by atoms with E-state index in [4.69, 9.17) is 0 Å². The van der Waals surface area contributed by atoms with Crippen LogP contribution in [0.1, 0.15) is 66.2 Å². The number of nitriles is 1. The third kappa shape index (κ3) is 6.40. The molecular weight excluding hydrogens is 234 g/mol. The van der Waals surface area contributed by atoms with Crippen LogP contribution in [0.2, 0.25) is 0 Å². The van der Waals surface area contributed by atoms with E-state index in [1.807, 2.05) is 0 Å². The molecule has 0 bridgehead atoms. The van der Waals surface area contributed by atoms with Crippen LogP contribution in [0.15, 0.2) is 0 Å². The van der Waals surface area contributed by atoms with Crippen molar-refractivity contribution in [1.82, 2.24) is 10.2 Å². The first-order valence-corrected chi connectivity index (χ1v) is 7.95. The van der Waals surface area contributed by atoms with E-state index in [0.717, 1.165) is 38.8 Å². The number of hydrogen-bond donors (Lipinski definition) is 1. The van der Waals surface area contributed by atoms with Gasteiger partial charge in [0.25, 0.3) is 0 Å². The zero-order chi connectivity index (χ0) is 14.7. The van der Waals surface area contributed by atoms with Crippen molar-refractivity contribution < 1.29 is 0 Å². The van der Waals surface area contributed by atoms with Gasteiger partial charge < -0.3 is 4.90 Å². The Bertz CT molecular complexity index is 255. The molecule has 1 unspecified atom stereocenters. The second-order valence-corrected chi connectivity index (χ2v) is 5.53. The number of hydrogen-bond acceptors (Lipinski definition) is 3. The summed E-state index contributed by atoms with van der Waals surface area (Å²) in [4.78, 5) is 2.44. The Morgan fingerprint density at radius 3 is 2.26 bits per heavy atom. The molecule has 3 nitrogen and oxygen atoms in total. The fourth-order valence-corrected chi connectivity index (χ4v) is 2.65. The number of rotatable bonds is 11. The Hall–Kier alpha value is -0.590. The summed E-state index contributed by atoms with van der Waals surface area (Å²) in [6.07, 6.45) is 6.42. The van der Waals surface area contributed by atoms with Crippen LogP contribution in [0.4, 0.5) is 0 Å². The van der Waals surface area contributed by atoms with Crippen molar-refractivity contribution in [3.05, 3.63) is 0 Å². The maximum atomic E-state index is 9.44. The maximum absolute atomic E-state index is 9.44. The van der Waals surface area contributed by atoms with Crippen molar-refractivity contribution in [2.45, 2.75) is 77.8 Å². The molecule has 0 rings (SSSR count). The monoisotopic (exact) mass is 267 g/mol. The Labute approximate surface area is 120 Å². The number of nitrogens with zero attached hydrogens (tertiary/aromatic N) is 2. The van der Waals surface area contributed by atoms with Crippen LogP contribution in [-0.2, 0) is 0 Å². The zero-order valence-corrected chi connectivity index (χ0v) is 13.6. The fraction of sp³-hybridized carbons (Fsp3) is 0.938. The molecule has 0 radical (unpaired) electrons. The van der Waals surface area contributed by atoms with Crippen LogP contribution in [0.3, 0.4) is 0 Å². The van der Waals surface area contributed by atoms with Gasteiger partial charge in [0.2, 0.25) is 0 Å². The van der Waals surface area contributed by atoms with E-state index in [1.54, 1.807) is 0 Å². The first-order chi connectivity index (χ1) is 9.09. The quantitative estimate of drug-likeness (QED) is 0.622. The predicted molar refractivity (Wildman–Crippen MR) is 83.2 cm³/mol. The molecule has 0 aliphatic carbocycles. The molecule has 0 aromatic carbocycles. The molecule has 0 aromatic rings. The summed E-state index contributed by atoms with van der Waals surface area (Å²) in [7, 11) is 2.21. The highest BCUT2D eigenvalue weighted by atomic mass is 15.1. The van der Waals surface area contributed by atoms with Crippen LogP contribution in [0.5, 0.6) is 0 Å². The number of nitrogens with one attached hydrogen (secondary N) is 1. The van der Waals surface area contributed by atoms with Gasteiger partial charge in [-0.15, -0.1) is 0 Å². The third-order valence-electron chi connectivity index (χ3n) is 4.21. The second kappa shape index (κ2) is 10.2. The highest BCUT2D eigenvalue weighted by molar-refractivity contribution is 5.06. The second-order valence-electron chi connectivity index (χ2n) is 5.53. The first-order valence-electron chi connectivity index (χ1n) is 7.95. The lowest BCUT2D eigenvalue weighted by Crippen LogP contribution is -2.44. The summed E-state index contributed by atoms with van der Waals surface area (Å²) in [5.74, 6) is 0. The standard InChI is InChI=1S/C16H33N3/c1-6-12-18-16(9-4,14-17)11-10-13-19(5)15(7-2)8-3/h15,18H,6-13H2,1-5H3. The minimum Gasteiger partial charge on any atom is -0.303 e. The van der Waals surface area contributed by atoms with Gasteiger partial charge in [-0.2, -0.15) is 5.26 Å². The highest BCUT2D eigenvalue weighted by Gasteiger charge is 2.26. The minimum atomic E-state index is -0.315. The largest absolute Gasteiger partial charge is 0.303 e.